The lowest BCUT2D eigenvalue weighted by Crippen LogP contribution is -2.44. The third kappa shape index (κ3) is 3.31. The molecule has 1 aliphatic rings. The van der Waals surface area contributed by atoms with Crippen LogP contribution in [0.3, 0.4) is 0 Å². The Morgan fingerprint density at radius 3 is 2.42 bits per heavy atom. The molecule has 2 aromatic carbocycles. The number of esters is 2. The van der Waals surface area contributed by atoms with Gasteiger partial charge in [-0.05, 0) is 48.8 Å². The minimum absolute atomic E-state index is 0.226. The summed E-state index contributed by atoms with van der Waals surface area (Å²) >= 11 is 3.43. The summed E-state index contributed by atoms with van der Waals surface area (Å²) in [4.78, 5) is 25.2. The van der Waals surface area contributed by atoms with Gasteiger partial charge in [0.25, 0.3) is 0 Å². The molecule has 0 saturated carbocycles. The summed E-state index contributed by atoms with van der Waals surface area (Å²) in [5.41, 5.74) is 1.37. The van der Waals surface area contributed by atoms with Gasteiger partial charge in [-0.1, -0.05) is 58.4 Å². The van der Waals surface area contributed by atoms with Crippen LogP contribution in [-0.4, -0.2) is 24.6 Å². The number of rotatable bonds is 4. The summed E-state index contributed by atoms with van der Waals surface area (Å²) in [5.74, 6) is -1.03. The normalized spacial score (nSPS) is 22.3. The molecule has 3 rings (SSSR count). The highest BCUT2D eigenvalue weighted by Gasteiger charge is 2.47. The Hall–Kier alpha value is -2.40. The van der Waals surface area contributed by atoms with Gasteiger partial charge < -0.3 is 9.47 Å². The van der Waals surface area contributed by atoms with Crippen molar-refractivity contribution in [2.45, 2.75) is 25.4 Å². The Bertz CT molecular complexity index is 842. The lowest BCUT2D eigenvalue weighted by Gasteiger charge is -2.36. The van der Waals surface area contributed by atoms with E-state index in [1.807, 2.05) is 61.5 Å². The maximum absolute atomic E-state index is 13.0. The fourth-order valence-electron chi connectivity index (χ4n) is 3.09. The van der Waals surface area contributed by atoms with E-state index in [1.54, 1.807) is 13.0 Å². The predicted molar refractivity (Wildman–Crippen MR) is 102 cm³/mol. The largest absolute Gasteiger partial charge is 0.463 e. The number of cyclic esters (lactones) is 1. The van der Waals surface area contributed by atoms with Gasteiger partial charge in [0.1, 0.15) is 5.41 Å². The summed E-state index contributed by atoms with van der Waals surface area (Å²) in [7, 11) is 0. The van der Waals surface area contributed by atoms with Gasteiger partial charge >= 0.3 is 11.9 Å². The van der Waals surface area contributed by atoms with E-state index in [-0.39, 0.29) is 6.61 Å². The van der Waals surface area contributed by atoms with E-state index >= 15 is 0 Å². The van der Waals surface area contributed by atoms with Crippen molar-refractivity contribution in [2.24, 2.45) is 0 Å². The van der Waals surface area contributed by atoms with Crippen LogP contribution < -0.4 is 0 Å². The summed E-state index contributed by atoms with van der Waals surface area (Å²) in [6.45, 7) is 3.76. The van der Waals surface area contributed by atoms with Crippen molar-refractivity contribution in [3.63, 3.8) is 0 Å². The van der Waals surface area contributed by atoms with Gasteiger partial charge in [0.05, 0.1) is 6.61 Å². The van der Waals surface area contributed by atoms with Crippen molar-refractivity contribution >= 4 is 33.4 Å². The molecule has 0 aliphatic carbocycles. The van der Waals surface area contributed by atoms with E-state index in [1.165, 1.54) is 0 Å². The van der Waals surface area contributed by atoms with Crippen molar-refractivity contribution in [1.82, 2.24) is 0 Å². The van der Waals surface area contributed by atoms with Crippen LogP contribution >= 0.6 is 15.9 Å². The van der Waals surface area contributed by atoms with E-state index in [2.05, 4.69) is 15.9 Å². The SMILES string of the molecule is CCOC(=O)C1C=C(c2ccc(Br)cc2)[C@](C)(c2ccccc2)C(=O)O1. The van der Waals surface area contributed by atoms with Crippen LogP contribution in [0.15, 0.2) is 65.1 Å². The number of hydrogen-bond donors (Lipinski definition) is 0. The highest BCUT2D eigenvalue weighted by molar-refractivity contribution is 9.10. The second kappa shape index (κ2) is 7.46. The number of halogens is 1. The number of hydrogen-bond acceptors (Lipinski definition) is 4. The Morgan fingerprint density at radius 1 is 1.15 bits per heavy atom. The minimum atomic E-state index is -1.04. The molecule has 5 heteroatoms. The lowest BCUT2D eigenvalue weighted by molar-refractivity contribution is -0.167. The Balaban J connectivity index is 2.16. The quantitative estimate of drug-likeness (QED) is 0.700. The topological polar surface area (TPSA) is 52.6 Å². The molecule has 0 N–H and O–H groups in total. The highest BCUT2D eigenvalue weighted by Crippen LogP contribution is 2.43. The molecule has 4 nitrogen and oxygen atoms in total. The molecule has 1 heterocycles. The zero-order valence-electron chi connectivity index (χ0n) is 14.6. The third-order valence-electron chi connectivity index (χ3n) is 4.52. The second-order valence-electron chi connectivity index (χ2n) is 6.16. The van der Waals surface area contributed by atoms with Crippen molar-refractivity contribution < 1.29 is 19.1 Å². The first-order chi connectivity index (χ1) is 12.5. The molecular formula is C21H19BrO4. The van der Waals surface area contributed by atoms with Gasteiger partial charge in [-0.25, -0.2) is 4.79 Å². The van der Waals surface area contributed by atoms with Gasteiger partial charge in [-0.15, -0.1) is 0 Å². The lowest BCUT2D eigenvalue weighted by atomic mass is 9.71. The minimum Gasteiger partial charge on any atom is -0.463 e. The molecule has 0 radical (unpaired) electrons. The number of carbonyl (C=O) groups is 2. The molecule has 26 heavy (non-hydrogen) atoms. The molecule has 0 bridgehead atoms. The Labute approximate surface area is 160 Å². The van der Waals surface area contributed by atoms with Gasteiger partial charge in [0.15, 0.2) is 0 Å². The van der Waals surface area contributed by atoms with Crippen LogP contribution in [0.4, 0.5) is 0 Å². The maximum Gasteiger partial charge on any atom is 0.351 e. The molecule has 0 aromatic heterocycles. The number of ether oxygens (including phenoxy) is 2. The van der Waals surface area contributed by atoms with Crippen LogP contribution in [0.5, 0.6) is 0 Å². The average molecular weight is 415 g/mol. The number of carbonyl (C=O) groups excluding carboxylic acids is 2. The standard InChI is InChI=1S/C21H19BrO4/c1-3-25-19(23)18-13-17(14-9-11-16(22)12-10-14)21(2,20(24)26-18)15-7-5-4-6-8-15/h4-13,18H,3H2,1-2H3/t18?,21-/m0/s1. The van der Waals surface area contributed by atoms with E-state index < -0.39 is 23.5 Å². The molecule has 1 aliphatic heterocycles. The summed E-state index contributed by atoms with van der Waals surface area (Å²) in [6.07, 6.45) is 0.646. The van der Waals surface area contributed by atoms with Gasteiger partial charge in [-0.2, -0.15) is 0 Å². The maximum atomic E-state index is 13.0. The van der Waals surface area contributed by atoms with Crippen molar-refractivity contribution in [2.75, 3.05) is 6.61 Å². The van der Waals surface area contributed by atoms with E-state index in [0.717, 1.165) is 21.2 Å². The summed E-state index contributed by atoms with van der Waals surface area (Å²) in [6, 6.07) is 17.1. The van der Waals surface area contributed by atoms with Crippen LogP contribution in [0.1, 0.15) is 25.0 Å². The van der Waals surface area contributed by atoms with Crippen LogP contribution in [0.2, 0.25) is 0 Å². The zero-order chi connectivity index (χ0) is 18.7. The smallest absolute Gasteiger partial charge is 0.351 e. The first-order valence-electron chi connectivity index (χ1n) is 8.38. The second-order valence-corrected chi connectivity index (χ2v) is 7.07. The van der Waals surface area contributed by atoms with Gasteiger partial charge in [-0.3, -0.25) is 4.79 Å². The van der Waals surface area contributed by atoms with Gasteiger partial charge in [0.2, 0.25) is 6.10 Å². The monoisotopic (exact) mass is 414 g/mol. The highest BCUT2D eigenvalue weighted by atomic mass is 79.9. The Kier molecular flexibility index (Phi) is 5.28. The average Bonchev–Trinajstić information content (AvgIpc) is 2.65. The molecule has 2 aromatic rings. The van der Waals surface area contributed by atoms with Crippen LogP contribution in [0, 0.1) is 0 Å². The Morgan fingerprint density at radius 2 is 1.81 bits per heavy atom. The zero-order valence-corrected chi connectivity index (χ0v) is 16.2. The van der Waals surface area contributed by atoms with Crippen molar-refractivity contribution in [3.8, 4) is 0 Å². The third-order valence-corrected chi connectivity index (χ3v) is 5.05. The van der Waals surface area contributed by atoms with Gasteiger partial charge in [0, 0.05) is 4.47 Å². The molecule has 0 spiro atoms. The van der Waals surface area contributed by atoms with Crippen LogP contribution in [-0.2, 0) is 24.5 Å². The first kappa shape index (κ1) is 18.4. The predicted octanol–water partition coefficient (Wildman–Crippen LogP) is 4.28. The molecule has 134 valence electrons. The van der Waals surface area contributed by atoms with Crippen LogP contribution in [0.25, 0.3) is 5.57 Å². The summed E-state index contributed by atoms with van der Waals surface area (Å²) in [5, 5.41) is 0. The van der Waals surface area contributed by atoms with Crippen molar-refractivity contribution in [3.05, 3.63) is 76.3 Å². The molecule has 0 saturated heterocycles. The molecule has 2 atom stereocenters. The van der Waals surface area contributed by atoms with E-state index in [0.29, 0.717) is 0 Å². The molecular weight excluding hydrogens is 396 g/mol. The first-order valence-corrected chi connectivity index (χ1v) is 9.17. The molecule has 0 fully saturated rings. The fraction of sp³-hybridized carbons (Fsp3) is 0.238. The molecule has 1 unspecified atom stereocenters. The van der Waals surface area contributed by atoms with E-state index in [4.69, 9.17) is 9.47 Å². The van der Waals surface area contributed by atoms with E-state index in [9.17, 15) is 9.59 Å². The summed E-state index contributed by atoms with van der Waals surface area (Å²) < 4.78 is 11.4. The molecule has 0 amide bonds. The fourth-order valence-corrected chi connectivity index (χ4v) is 3.36. The number of benzene rings is 2. The van der Waals surface area contributed by atoms with Crippen molar-refractivity contribution in [1.29, 1.82) is 0 Å².